The highest BCUT2D eigenvalue weighted by Crippen LogP contribution is 2.47. The molecule has 3 aromatic rings. The van der Waals surface area contributed by atoms with Gasteiger partial charge in [-0.1, -0.05) is 24.3 Å². The fourth-order valence-corrected chi connectivity index (χ4v) is 5.83. The van der Waals surface area contributed by atoms with E-state index in [4.69, 9.17) is 18.9 Å². The summed E-state index contributed by atoms with van der Waals surface area (Å²) in [4.78, 5) is 28.0. The number of hydrogen-bond donors (Lipinski definition) is 3. The zero-order chi connectivity index (χ0) is 30.0. The number of dihydropyridines is 1. The Bertz CT molecular complexity index is 1610. The van der Waals surface area contributed by atoms with E-state index in [-0.39, 0.29) is 35.5 Å². The standard InChI is InChI=1S/C33H34N2O7/c1-18-30(33(38)35-22-8-6-7-9-26(22)39-2)31(20-10-12-24(36)28(17-20)41-4)32-23(34-18)14-21(15-25(32)37)19-11-13-27(40-3)29(16-19)42-5/h6-13,16-17,21,31,34,36H,14-15H2,1-5H3,(H,35,38). The molecule has 9 nitrogen and oxygen atoms in total. The van der Waals surface area contributed by atoms with E-state index in [0.29, 0.717) is 51.8 Å². The van der Waals surface area contributed by atoms with Crippen LogP contribution in [0.1, 0.15) is 42.7 Å². The predicted molar refractivity (Wildman–Crippen MR) is 158 cm³/mol. The molecule has 1 aliphatic heterocycles. The van der Waals surface area contributed by atoms with E-state index >= 15 is 0 Å². The maximum atomic E-state index is 14.0. The van der Waals surface area contributed by atoms with Crippen LogP contribution in [0.3, 0.4) is 0 Å². The molecule has 2 aliphatic rings. The van der Waals surface area contributed by atoms with Gasteiger partial charge in [0.1, 0.15) is 5.75 Å². The summed E-state index contributed by atoms with van der Waals surface area (Å²) in [5.74, 6) is 0.708. The highest BCUT2D eigenvalue weighted by molar-refractivity contribution is 6.10. The lowest BCUT2D eigenvalue weighted by Crippen LogP contribution is -2.37. The summed E-state index contributed by atoms with van der Waals surface area (Å²) in [6.07, 6.45) is 0.809. The van der Waals surface area contributed by atoms with Crippen molar-refractivity contribution in [1.82, 2.24) is 5.32 Å². The summed E-state index contributed by atoms with van der Waals surface area (Å²) in [5, 5.41) is 16.7. The number of carbonyl (C=O) groups is 2. The van der Waals surface area contributed by atoms with Gasteiger partial charge in [0.05, 0.1) is 34.1 Å². The number of rotatable bonds is 8. The number of amides is 1. The highest BCUT2D eigenvalue weighted by atomic mass is 16.5. The highest BCUT2D eigenvalue weighted by Gasteiger charge is 2.41. The zero-order valence-corrected chi connectivity index (χ0v) is 24.2. The Kier molecular flexibility index (Phi) is 8.10. The Balaban J connectivity index is 1.58. The topological polar surface area (TPSA) is 115 Å². The minimum atomic E-state index is -0.690. The van der Waals surface area contributed by atoms with Crippen LogP contribution in [-0.4, -0.2) is 45.2 Å². The van der Waals surface area contributed by atoms with E-state index in [9.17, 15) is 14.7 Å². The molecule has 0 saturated carbocycles. The van der Waals surface area contributed by atoms with Gasteiger partial charge >= 0.3 is 0 Å². The number of aromatic hydroxyl groups is 1. The van der Waals surface area contributed by atoms with Crippen LogP contribution in [-0.2, 0) is 9.59 Å². The molecule has 9 heteroatoms. The van der Waals surface area contributed by atoms with Crippen LogP contribution >= 0.6 is 0 Å². The number of benzene rings is 3. The largest absolute Gasteiger partial charge is 0.504 e. The molecule has 0 radical (unpaired) electrons. The molecule has 0 fully saturated rings. The normalized spacial score (nSPS) is 18.2. The molecule has 1 aliphatic carbocycles. The van der Waals surface area contributed by atoms with Gasteiger partial charge in [-0.2, -0.15) is 0 Å². The van der Waals surface area contributed by atoms with E-state index < -0.39 is 5.92 Å². The van der Waals surface area contributed by atoms with Crippen molar-refractivity contribution in [3.05, 3.63) is 94.3 Å². The number of ketones is 1. The maximum absolute atomic E-state index is 14.0. The Morgan fingerprint density at radius 3 is 2.21 bits per heavy atom. The smallest absolute Gasteiger partial charge is 0.254 e. The molecule has 1 heterocycles. The van der Waals surface area contributed by atoms with Crippen molar-refractivity contribution in [2.75, 3.05) is 33.8 Å². The summed E-state index contributed by atoms with van der Waals surface area (Å²) >= 11 is 0. The second-order valence-electron chi connectivity index (χ2n) is 10.2. The van der Waals surface area contributed by atoms with Crippen LogP contribution in [0.25, 0.3) is 0 Å². The first-order chi connectivity index (χ1) is 20.3. The molecule has 218 valence electrons. The maximum Gasteiger partial charge on any atom is 0.254 e. The van der Waals surface area contributed by atoms with Crippen LogP contribution in [0.5, 0.6) is 28.7 Å². The van der Waals surface area contributed by atoms with E-state index in [0.717, 1.165) is 11.3 Å². The van der Waals surface area contributed by atoms with Crippen molar-refractivity contribution in [2.45, 2.75) is 31.6 Å². The number of hydrogen-bond acceptors (Lipinski definition) is 8. The Hall–Kier alpha value is -4.92. The fourth-order valence-electron chi connectivity index (χ4n) is 5.83. The van der Waals surface area contributed by atoms with E-state index in [1.807, 2.05) is 31.2 Å². The average molecular weight is 571 g/mol. The molecule has 1 amide bonds. The number of allylic oxidation sites excluding steroid dienone is 3. The summed E-state index contributed by atoms with van der Waals surface area (Å²) in [6, 6.07) is 17.7. The molecule has 0 saturated heterocycles. The first kappa shape index (κ1) is 28.6. The van der Waals surface area contributed by atoms with E-state index in [1.165, 1.54) is 20.3 Å². The average Bonchev–Trinajstić information content (AvgIpc) is 3.00. The molecule has 0 spiro atoms. The minimum Gasteiger partial charge on any atom is -0.504 e. The van der Waals surface area contributed by atoms with E-state index in [1.54, 1.807) is 44.6 Å². The van der Waals surface area contributed by atoms with Gasteiger partial charge in [0.15, 0.2) is 28.8 Å². The van der Waals surface area contributed by atoms with Crippen LogP contribution in [0.15, 0.2) is 83.2 Å². The molecular weight excluding hydrogens is 536 g/mol. The second-order valence-corrected chi connectivity index (χ2v) is 10.2. The molecule has 0 bridgehead atoms. The number of carbonyl (C=O) groups excluding carboxylic acids is 2. The van der Waals surface area contributed by atoms with Gasteiger partial charge in [-0.05, 0) is 66.8 Å². The molecule has 2 unspecified atom stereocenters. The third-order valence-corrected chi connectivity index (χ3v) is 7.84. The van der Waals surface area contributed by atoms with Gasteiger partial charge in [-0.15, -0.1) is 0 Å². The zero-order valence-electron chi connectivity index (χ0n) is 24.2. The Morgan fingerprint density at radius 1 is 0.833 bits per heavy atom. The Morgan fingerprint density at radius 2 is 1.50 bits per heavy atom. The predicted octanol–water partition coefficient (Wildman–Crippen LogP) is 5.43. The van der Waals surface area contributed by atoms with Crippen molar-refractivity contribution in [3.8, 4) is 28.7 Å². The molecule has 0 aromatic heterocycles. The number of phenolic OH excluding ortho intramolecular Hbond substituents is 1. The minimum absolute atomic E-state index is 0.0337. The quantitative estimate of drug-likeness (QED) is 0.329. The third kappa shape index (κ3) is 5.25. The van der Waals surface area contributed by atoms with Crippen LogP contribution < -0.4 is 29.6 Å². The number of para-hydroxylation sites is 2. The number of nitrogens with one attached hydrogen (secondary N) is 2. The van der Waals surface area contributed by atoms with Gasteiger partial charge in [-0.25, -0.2) is 0 Å². The number of anilines is 1. The monoisotopic (exact) mass is 570 g/mol. The van der Waals surface area contributed by atoms with Crippen LogP contribution in [0.4, 0.5) is 5.69 Å². The van der Waals surface area contributed by atoms with Gasteiger partial charge in [0.25, 0.3) is 5.91 Å². The molecule has 3 aromatic carbocycles. The van der Waals surface area contributed by atoms with Crippen molar-refractivity contribution in [3.63, 3.8) is 0 Å². The lowest BCUT2D eigenvalue weighted by molar-refractivity contribution is -0.116. The van der Waals surface area contributed by atoms with E-state index in [2.05, 4.69) is 10.6 Å². The number of Topliss-reactive ketones (excluding diaryl/α,β-unsaturated/α-hetero) is 1. The lowest BCUT2D eigenvalue weighted by atomic mass is 9.71. The SMILES string of the molecule is COc1cc(C2C(C(=O)Nc3ccccc3OC)=C(C)NC3=C2C(=O)CC(c2ccc(OC)c(OC)c2)C3)ccc1O. The number of phenols is 1. The molecule has 5 rings (SSSR count). The number of ether oxygens (including phenoxy) is 4. The summed E-state index contributed by atoms with van der Waals surface area (Å²) < 4.78 is 21.7. The number of methoxy groups -OCH3 is 4. The van der Waals surface area contributed by atoms with Crippen molar-refractivity contribution < 1.29 is 33.6 Å². The van der Waals surface area contributed by atoms with Crippen LogP contribution in [0.2, 0.25) is 0 Å². The Labute approximate surface area is 244 Å². The van der Waals surface area contributed by atoms with Crippen molar-refractivity contribution >= 4 is 17.4 Å². The molecule has 3 N–H and O–H groups in total. The molecule has 2 atom stereocenters. The van der Waals surface area contributed by atoms with Crippen molar-refractivity contribution in [1.29, 1.82) is 0 Å². The summed E-state index contributed by atoms with van der Waals surface area (Å²) in [7, 11) is 6.16. The van der Waals surface area contributed by atoms with Gasteiger partial charge in [-0.3, -0.25) is 9.59 Å². The summed E-state index contributed by atoms with van der Waals surface area (Å²) in [5.41, 5.74) is 4.42. The van der Waals surface area contributed by atoms with Gasteiger partial charge in [0.2, 0.25) is 0 Å². The lowest BCUT2D eigenvalue weighted by Gasteiger charge is -2.37. The molecular formula is C33H34N2O7. The first-order valence-electron chi connectivity index (χ1n) is 13.6. The molecule has 42 heavy (non-hydrogen) atoms. The van der Waals surface area contributed by atoms with Gasteiger partial charge in [0, 0.05) is 34.9 Å². The van der Waals surface area contributed by atoms with Gasteiger partial charge < -0.3 is 34.7 Å². The van der Waals surface area contributed by atoms with Crippen molar-refractivity contribution in [2.24, 2.45) is 0 Å². The summed E-state index contributed by atoms with van der Waals surface area (Å²) in [6.45, 7) is 1.83. The first-order valence-corrected chi connectivity index (χ1v) is 13.6. The fraction of sp³-hybridized carbons (Fsp3) is 0.273. The second kappa shape index (κ2) is 11.9. The third-order valence-electron chi connectivity index (χ3n) is 7.84. The van der Waals surface area contributed by atoms with Crippen LogP contribution in [0, 0.1) is 0 Å².